The Kier molecular flexibility index (Phi) is 3.45. The molecule has 3 aromatic rings. The third-order valence-electron chi connectivity index (χ3n) is 3.02. The van der Waals surface area contributed by atoms with Crippen LogP contribution in [0.3, 0.4) is 0 Å². The van der Waals surface area contributed by atoms with E-state index in [1.807, 2.05) is 31.2 Å². The van der Waals surface area contributed by atoms with Crippen LogP contribution in [-0.2, 0) is 0 Å². The summed E-state index contributed by atoms with van der Waals surface area (Å²) in [5, 5.41) is 20.6. The molecule has 0 atom stereocenters. The predicted molar refractivity (Wildman–Crippen MR) is 82.2 cm³/mol. The van der Waals surface area contributed by atoms with Gasteiger partial charge in [-0.05, 0) is 19.1 Å². The Morgan fingerprint density at radius 2 is 1.81 bits per heavy atom. The van der Waals surface area contributed by atoms with Gasteiger partial charge in [0.1, 0.15) is 5.01 Å². The second kappa shape index (κ2) is 5.41. The van der Waals surface area contributed by atoms with E-state index in [2.05, 4.69) is 10.2 Å². The van der Waals surface area contributed by atoms with E-state index in [0.717, 1.165) is 16.1 Å². The molecule has 21 heavy (non-hydrogen) atoms. The fourth-order valence-electron chi connectivity index (χ4n) is 2.04. The second-order valence-electron chi connectivity index (χ2n) is 4.56. The molecule has 1 heterocycles. The first-order valence-corrected chi connectivity index (χ1v) is 7.11. The van der Waals surface area contributed by atoms with Gasteiger partial charge in [0.2, 0.25) is 0 Å². The van der Waals surface area contributed by atoms with Crippen molar-refractivity contribution in [1.29, 1.82) is 0 Å². The Labute approximate surface area is 125 Å². The van der Waals surface area contributed by atoms with Crippen molar-refractivity contribution in [1.82, 2.24) is 10.2 Å². The van der Waals surface area contributed by atoms with E-state index in [9.17, 15) is 10.1 Å². The topological polar surface area (TPSA) is 68.9 Å². The first kappa shape index (κ1) is 13.4. The van der Waals surface area contributed by atoms with E-state index < -0.39 is 4.92 Å². The SMILES string of the molecule is Cc1cccc(-c2nnc(-c3ccccc3[N+](=O)[O-])s2)c1. The summed E-state index contributed by atoms with van der Waals surface area (Å²) in [4.78, 5) is 10.7. The zero-order valence-corrected chi connectivity index (χ0v) is 12.0. The van der Waals surface area contributed by atoms with Crippen LogP contribution in [0.1, 0.15) is 5.56 Å². The summed E-state index contributed by atoms with van der Waals surface area (Å²) in [5.74, 6) is 0. The zero-order chi connectivity index (χ0) is 14.8. The smallest absolute Gasteiger partial charge is 0.258 e. The van der Waals surface area contributed by atoms with E-state index in [-0.39, 0.29) is 5.69 Å². The number of hydrogen-bond donors (Lipinski definition) is 0. The average molecular weight is 297 g/mol. The summed E-state index contributed by atoms with van der Waals surface area (Å²) < 4.78 is 0. The number of benzene rings is 2. The molecule has 3 rings (SSSR count). The highest BCUT2D eigenvalue weighted by Gasteiger charge is 2.18. The number of para-hydroxylation sites is 1. The summed E-state index contributed by atoms with van der Waals surface area (Å²) in [5.41, 5.74) is 2.65. The largest absolute Gasteiger partial charge is 0.279 e. The summed E-state index contributed by atoms with van der Waals surface area (Å²) in [7, 11) is 0. The van der Waals surface area contributed by atoms with Gasteiger partial charge >= 0.3 is 0 Å². The number of rotatable bonds is 3. The minimum atomic E-state index is -0.400. The van der Waals surface area contributed by atoms with Crippen LogP contribution in [0.25, 0.3) is 21.1 Å². The van der Waals surface area contributed by atoms with Crippen LogP contribution in [-0.4, -0.2) is 15.1 Å². The van der Waals surface area contributed by atoms with E-state index in [0.29, 0.717) is 10.6 Å². The number of nitro groups is 1. The van der Waals surface area contributed by atoms with E-state index in [4.69, 9.17) is 0 Å². The van der Waals surface area contributed by atoms with Crippen LogP contribution < -0.4 is 0 Å². The lowest BCUT2D eigenvalue weighted by Crippen LogP contribution is -1.90. The fourth-order valence-corrected chi connectivity index (χ4v) is 2.91. The predicted octanol–water partition coefficient (Wildman–Crippen LogP) is 4.09. The fraction of sp³-hybridized carbons (Fsp3) is 0.0667. The van der Waals surface area contributed by atoms with E-state index in [1.165, 1.54) is 17.4 Å². The summed E-state index contributed by atoms with van der Waals surface area (Å²) in [6.45, 7) is 2.01. The van der Waals surface area contributed by atoms with Gasteiger partial charge in [0.05, 0.1) is 10.5 Å². The molecule has 0 bridgehead atoms. The van der Waals surface area contributed by atoms with Crippen molar-refractivity contribution in [3.63, 3.8) is 0 Å². The molecule has 0 aliphatic rings. The van der Waals surface area contributed by atoms with Crippen molar-refractivity contribution < 1.29 is 4.92 Å². The van der Waals surface area contributed by atoms with Gasteiger partial charge in [0.15, 0.2) is 5.01 Å². The Morgan fingerprint density at radius 3 is 2.57 bits per heavy atom. The Morgan fingerprint density at radius 1 is 1.05 bits per heavy atom. The lowest BCUT2D eigenvalue weighted by atomic mass is 10.1. The lowest BCUT2D eigenvalue weighted by molar-refractivity contribution is -0.384. The van der Waals surface area contributed by atoms with Gasteiger partial charge in [-0.2, -0.15) is 0 Å². The Hall–Kier alpha value is -2.60. The van der Waals surface area contributed by atoms with E-state index >= 15 is 0 Å². The average Bonchev–Trinajstić information content (AvgIpc) is 2.97. The molecule has 0 fully saturated rings. The third-order valence-corrected chi connectivity index (χ3v) is 4.03. The highest BCUT2D eigenvalue weighted by molar-refractivity contribution is 7.18. The number of aromatic nitrogens is 2. The van der Waals surface area contributed by atoms with E-state index in [1.54, 1.807) is 18.2 Å². The molecule has 1 aromatic heterocycles. The lowest BCUT2D eigenvalue weighted by Gasteiger charge is -1.97. The number of nitro benzene ring substituents is 1. The molecule has 0 aliphatic carbocycles. The summed E-state index contributed by atoms with van der Waals surface area (Å²) >= 11 is 1.35. The summed E-state index contributed by atoms with van der Waals surface area (Å²) in [6, 6.07) is 14.5. The third kappa shape index (κ3) is 2.66. The maximum Gasteiger partial charge on any atom is 0.279 e. The van der Waals surface area contributed by atoms with Gasteiger partial charge in [-0.25, -0.2) is 0 Å². The van der Waals surface area contributed by atoms with Crippen LogP contribution in [0.4, 0.5) is 5.69 Å². The molecule has 2 aromatic carbocycles. The highest BCUT2D eigenvalue weighted by atomic mass is 32.1. The molecule has 104 valence electrons. The molecule has 5 nitrogen and oxygen atoms in total. The molecule has 0 N–H and O–H groups in total. The minimum absolute atomic E-state index is 0.0458. The van der Waals surface area contributed by atoms with Gasteiger partial charge in [-0.15, -0.1) is 10.2 Å². The normalized spacial score (nSPS) is 10.5. The zero-order valence-electron chi connectivity index (χ0n) is 11.2. The van der Waals surface area contributed by atoms with Crippen LogP contribution in [0.5, 0.6) is 0 Å². The van der Waals surface area contributed by atoms with Gasteiger partial charge in [0, 0.05) is 11.6 Å². The first-order valence-electron chi connectivity index (χ1n) is 6.29. The maximum atomic E-state index is 11.1. The second-order valence-corrected chi connectivity index (χ2v) is 5.53. The van der Waals surface area contributed by atoms with Crippen molar-refractivity contribution in [2.75, 3.05) is 0 Å². The van der Waals surface area contributed by atoms with Crippen molar-refractivity contribution >= 4 is 17.0 Å². The standard InChI is InChI=1S/C15H11N3O2S/c1-10-5-4-6-11(9-10)14-16-17-15(21-14)12-7-2-3-8-13(12)18(19)20/h2-9H,1H3. The monoisotopic (exact) mass is 297 g/mol. The van der Waals surface area contributed by atoms with Crippen molar-refractivity contribution in [3.05, 3.63) is 64.2 Å². The highest BCUT2D eigenvalue weighted by Crippen LogP contribution is 2.34. The molecule has 0 spiro atoms. The molecule has 0 saturated carbocycles. The van der Waals surface area contributed by atoms with Crippen molar-refractivity contribution in [3.8, 4) is 21.1 Å². The minimum Gasteiger partial charge on any atom is -0.258 e. The molecule has 6 heteroatoms. The molecular weight excluding hydrogens is 286 g/mol. The molecule has 0 radical (unpaired) electrons. The van der Waals surface area contributed by atoms with Crippen LogP contribution >= 0.6 is 11.3 Å². The molecule has 0 unspecified atom stereocenters. The van der Waals surface area contributed by atoms with Crippen LogP contribution in [0.15, 0.2) is 48.5 Å². The number of nitrogens with zero attached hydrogens (tertiary/aromatic N) is 3. The van der Waals surface area contributed by atoms with Crippen molar-refractivity contribution in [2.24, 2.45) is 0 Å². The molecule has 0 amide bonds. The van der Waals surface area contributed by atoms with Gasteiger partial charge in [-0.3, -0.25) is 10.1 Å². The quantitative estimate of drug-likeness (QED) is 0.539. The molecule has 0 aliphatic heterocycles. The van der Waals surface area contributed by atoms with Gasteiger partial charge in [0.25, 0.3) is 5.69 Å². The van der Waals surface area contributed by atoms with Gasteiger partial charge in [-0.1, -0.05) is 47.2 Å². The van der Waals surface area contributed by atoms with Gasteiger partial charge < -0.3 is 0 Å². The van der Waals surface area contributed by atoms with Crippen LogP contribution in [0.2, 0.25) is 0 Å². The number of aryl methyl sites for hydroxylation is 1. The summed E-state index contributed by atoms with van der Waals surface area (Å²) in [6.07, 6.45) is 0. The maximum absolute atomic E-state index is 11.1. The molecule has 0 saturated heterocycles. The van der Waals surface area contributed by atoms with Crippen molar-refractivity contribution in [2.45, 2.75) is 6.92 Å². The first-order chi connectivity index (χ1) is 10.1. The van der Waals surface area contributed by atoms with Crippen LogP contribution in [0, 0.1) is 17.0 Å². The molecular formula is C15H11N3O2S. The Bertz CT molecular complexity index is 814. The Balaban J connectivity index is 2.05. The number of hydrogen-bond acceptors (Lipinski definition) is 5.